The molecule has 1 atom stereocenters. The lowest BCUT2D eigenvalue weighted by atomic mass is 10.1. The third kappa shape index (κ3) is 4.74. The van der Waals surface area contributed by atoms with Crippen LogP contribution >= 0.6 is 0 Å². The van der Waals surface area contributed by atoms with Crippen LogP contribution in [0.25, 0.3) is 0 Å². The zero-order valence-corrected chi connectivity index (χ0v) is 8.87. The molecule has 14 heavy (non-hydrogen) atoms. The molecule has 3 nitrogen and oxygen atoms in total. The molecule has 0 amide bonds. The minimum atomic E-state index is -0.195. The molecule has 0 saturated carbocycles. The second kappa shape index (κ2) is 6.98. The van der Waals surface area contributed by atoms with Gasteiger partial charge in [-0.05, 0) is 25.7 Å². The largest absolute Gasteiger partial charge is 0.389 e. The maximum atomic E-state index is 9.25. The van der Waals surface area contributed by atoms with Gasteiger partial charge in [-0.2, -0.15) is 0 Å². The van der Waals surface area contributed by atoms with Crippen molar-refractivity contribution in [3.05, 3.63) is 11.6 Å². The van der Waals surface area contributed by atoms with Crippen molar-refractivity contribution in [2.45, 2.75) is 31.8 Å². The van der Waals surface area contributed by atoms with E-state index in [0.29, 0.717) is 13.2 Å². The summed E-state index contributed by atoms with van der Waals surface area (Å²) in [5, 5.41) is 9.25. The highest BCUT2D eigenvalue weighted by Crippen LogP contribution is 2.22. The average Bonchev–Trinajstić information content (AvgIpc) is 2.58. The zero-order valence-electron chi connectivity index (χ0n) is 8.87. The average molecular weight is 200 g/mol. The Hall–Kier alpha value is -0.380. The second-order valence-electron chi connectivity index (χ2n) is 3.64. The summed E-state index contributed by atoms with van der Waals surface area (Å²) >= 11 is 0. The molecule has 0 fully saturated rings. The third-order valence-corrected chi connectivity index (χ3v) is 2.41. The molecule has 82 valence electrons. The Kier molecular flexibility index (Phi) is 5.83. The Morgan fingerprint density at radius 2 is 2.29 bits per heavy atom. The fraction of sp³-hybridized carbons (Fsp3) is 0.818. The van der Waals surface area contributed by atoms with Gasteiger partial charge in [-0.1, -0.05) is 11.6 Å². The zero-order chi connectivity index (χ0) is 10.2. The van der Waals surface area contributed by atoms with Crippen molar-refractivity contribution in [3.8, 4) is 0 Å². The SMILES string of the molecule is COCCOCCCC1=CC(O)CC1. The monoisotopic (exact) mass is 200 g/mol. The van der Waals surface area contributed by atoms with Crippen LogP contribution in [0, 0.1) is 0 Å². The fourth-order valence-corrected chi connectivity index (χ4v) is 1.63. The molecule has 0 aromatic carbocycles. The topological polar surface area (TPSA) is 38.7 Å². The van der Waals surface area contributed by atoms with E-state index in [1.165, 1.54) is 5.57 Å². The van der Waals surface area contributed by atoms with Gasteiger partial charge in [-0.3, -0.25) is 0 Å². The fourth-order valence-electron chi connectivity index (χ4n) is 1.63. The van der Waals surface area contributed by atoms with E-state index in [4.69, 9.17) is 9.47 Å². The van der Waals surface area contributed by atoms with Crippen molar-refractivity contribution in [1.29, 1.82) is 0 Å². The number of aliphatic hydroxyl groups excluding tert-OH is 1. The summed E-state index contributed by atoms with van der Waals surface area (Å²) in [4.78, 5) is 0. The maximum Gasteiger partial charge on any atom is 0.0726 e. The summed E-state index contributed by atoms with van der Waals surface area (Å²) in [6, 6.07) is 0. The second-order valence-corrected chi connectivity index (χ2v) is 3.64. The number of rotatable bonds is 7. The Morgan fingerprint density at radius 3 is 2.93 bits per heavy atom. The summed E-state index contributed by atoms with van der Waals surface area (Å²) in [6.07, 6.45) is 5.85. The van der Waals surface area contributed by atoms with Gasteiger partial charge in [0.25, 0.3) is 0 Å². The van der Waals surface area contributed by atoms with E-state index < -0.39 is 0 Å². The normalized spacial score (nSPS) is 21.3. The van der Waals surface area contributed by atoms with Gasteiger partial charge in [-0.25, -0.2) is 0 Å². The molecule has 0 aliphatic heterocycles. The van der Waals surface area contributed by atoms with Crippen LogP contribution in [0.1, 0.15) is 25.7 Å². The molecule has 1 rings (SSSR count). The number of aliphatic hydroxyl groups is 1. The van der Waals surface area contributed by atoms with Gasteiger partial charge < -0.3 is 14.6 Å². The van der Waals surface area contributed by atoms with E-state index >= 15 is 0 Å². The van der Waals surface area contributed by atoms with Crippen LogP contribution < -0.4 is 0 Å². The number of allylic oxidation sites excluding steroid dienone is 1. The van der Waals surface area contributed by atoms with Crippen LogP contribution in [-0.4, -0.2) is 38.1 Å². The van der Waals surface area contributed by atoms with Crippen molar-refractivity contribution in [3.63, 3.8) is 0 Å². The smallest absolute Gasteiger partial charge is 0.0726 e. The molecule has 0 heterocycles. The minimum absolute atomic E-state index is 0.195. The summed E-state index contributed by atoms with van der Waals surface area (Å²) in [5.41, 5.74) is 1.38. The van der Waals surface area contributed by atoms with E-state index in [2.05, 4.69) is 0 Å². The first-order chi connectivity index (χ1) is 6.83. The van der Waals surface area contributed by atoms with E-state index in [9.17, 15) is 5.11 Å². The van der Waals surface area contributed by atoms with Gasteiger partial charge in [0, 0.05) is 13.7 Å². The van der Waals surface area contributed by atoms with E-state index in [1.54, 1.807) is 7.11 Å². The Balaban J connectivity index is 1.91. The highest BCUT2D eigenvalue weighted by Gasteiger charge is 2.11. The first-order valence-corrected chi connectivity index (χ1v) is 5.27. The van der Waals surface area contributed by atoms with Crippen LogP contribution in [0.4, 0.5) is 0 Å². The standard InChI is InChI=1S/C11H20O3/c1-13-7-8-14-6-2-3-10-4-5-11(12)9-10/h9,11-12H,2-8H2,1H3. The van der Waals surface area contributed by atoms with Crippen molar-refractivity contribution < 1.29 is 14.6 Å². The van der Waals surface area contributed by atoms with Crippen LogP contribution in [0.3, 0.4) is 0 Å². The Labute approximate surface area is 85.7 Å². The van der Waals surface area contributed by atoms with Gasteiger partial charge in [0.2, 0.25) is 0 Å². The van der Waals surface area contributed by atoms with Gasteiger partial charge in [0.1, 0.15) is 0 Å². The van der Waals surface area contributed by atoms with Gasteiger partial charge in [0.05, 0.1) is 19.3 Å². The molecule has 3 heteroatoms. The lowest BCUT2D eigenvalue weighted by molar-refractivity contribution is 0.0695. The molecule has 1 aliphatic rings. The predicted molar refractivity (Wildman–Crippen MR) is 55.3 cm³/mol. The van der Waals surface area contributed by atoms with Crippen LogP contribution in [0.2, 0.25) is 0 Å². The summed E-state index contributed by atoms with van der Waals surface area (Å²) in [5.74, 6) is 0. The quantitative estimate of drug-likeness (QED) is 0.500. The number of hydrogen-bond donors (Lipinski definition) is 1. The number of ether oxygens (including phenoxy) is 2. The van der Waals surface area contributed by atoms with Gasteiger partial charge in [-0.15, -0.1) is 0 Å². The third-order valence-electron chi connectivity index (χ3n) is 2.41. The van der Waals surface area contributed by atoms with Crippen LogP contribution in [-0.2, 0) is 9.47 Å². The highest BCUT2D eigenvalue weighted by molar-refractivity contribution is 5.11. The molecule has 0 aromatic heterocycles. The predicted octanol–water partition coefficient (Wildman–Crippen LogP) is 1.51. The summed E-state index contributed by atoms with van der Waals surface area (Å²) < 4.78 is 10.2. The highest BCUT2D eigenvalue weighted by atomic mass is 16.5. The van der Waals surface area contributed by atoms with Gasteiger partial charge in [0.15, 0.2) is 0 Å². The van der Waals surface area contributed by atoms with Crippen molar-refractivity contribution in [1.82, 2.24) is 0 Å². The Morgan fingerprint density at radius 1 is 1.43 bits per heavy atom. The molecule has 0 spiro atoms. The lowest BCUT2D eigenvalue weighted by Gasteiger charge is -2.03. The number of methoxy groups -OCH3 is 1. The van der Waals surface area contributed by atoms with Crippen molar-refractivity contribution in [2.75, 3.05) is 26.9 Å². The molecular weight excluding hydrogens is 180 g/mol. The summed E-state index contributed by atoms with van der Waals surface area (Å²) in [6.45, 7) is 2.14. The first kappa shape index (κ1) is 11.7. The molecular formula is C11H20O3. The van der Waals surface area contributed by atoms with E-state index in [1.807, 2.05) is 6.08 Å². The molecule has 0 bridgehead atoms. The van der Waals surface area contributed by atoms with Crippen molar-refractivity contribution >= 4 is 0 Å². The van der Waals surface area contributed by atoms with Gasteiger partial charge >= 0.3 is 0 Å². The van der Waals surface area contributed by atoms with Crippen LogP contribution in [0.5, 0.6) is 0 Å². The molecule has 0 radical (unpaired) electrons. The number of hydrogen-bond acceptors (Lipinski definition) is 3. The molecule has 0 saturated heterocycles. The Bertz CT molecular complexity index is 177. The van der Waals surface area contributed by atoms with Crippen LogP contribution in [0.15, 0.2) is 11.6 Å². The van der Waals surface area contributed by atoms with Crippen molar-refractivity contribution in [2.24, 2.45) is 0 Å². The lowest BCUT2D eigenvalue weighted by Crippen LogP contribution is -2.03. The molecule has 1 unspecified atom stereocenters. The maximum absolute atomic E-state index is 9.25. The minimum Gasteiger partial charge on any atom is -0.389 e. The summed E-state index contributed by atoms with van der Waals surface area (Å²) in [7, 11) is 1.67. The van der Waals surface area contributed by atoms with E-state index in [0.717, 1.165) is 32.3 Å². The van der Waals surface area contributed by atoms with E-state index in [-0.39, 0.29) is 6.10 Å². The molecule has 0 aromatic rings. The molecule has 1 N–H and O–H groups in total. The molecule has 1 aliphatic carbocycles. The first-order valence-electron chi connectivity index (χ1n) is 5.27.